The summed E-state index contributed by atoms with van der Waals surface area (Å²) in [5, 5.41) is 5.35. The Labute approximate surface area is 145 Å². The minimum absolute atomic E-state index is 0.0778. The summed E-state index contributed by atoms with van der Waals surface area (Å²) in [6, 6.07) is 15.3. The van der Waals surface area contributed by atoms with E-state index in [-0.39, 0.29) is 17.7 Å². The van der Waals surface area contributed by atoms with Crippen molar-refractivity contribution >= 4 is 29.1 Å². The Morgan fingerprint density at radius 2 is 1.72 bits per heavy atom. The summed E-state index contributed by atoms with van der Waals surface area (Å²) in [6.45, 7) is 0. The lowest BCUT2D eigenvalue weighted by molar-refractivity contribution is -0.120. The van der Waals surface area contributed by atoms with Crippen LogP contribution in [0.3, 0.4) is 0 Å². The maximum atomic E-state index is 12.8. The van der Waals surface area contributed by atoms with Crippen LogP contribution in [0.15, 0.2) is 54.6 Å². The van der Waals surface area contributed by atoms with Crippen molar-refractivity contribution < 1.29 is 14.4 Å². The lowest BCUT2D eigenvalue weighted by Gasteiger charge is -2.24. The van der Waals surface area contributed by atoms with E-state index in [1.54, 1.807) is 24.3 Å². The predicted octanol–water partition coefficient (Wildman–Crippen LogP) is 2.18. The summed E-state index contributed by atoms with van der Waals surface area (Å²) < 4.78 is 0. The molecule has 3 amide bonds. The normalized spacial score (nSPS) is 16.6. The molecule has 6 heteroatoms. The van der Waals surface area contributed by atoms with E-state index < -0.39 is 6.04 Å². The van der Waals surface area contributed by atoms with Gasteiger partial charge in [0.2, 0.25) is 11.8 Å². The maximum Gasteiger partial charge on any atom is 0.253 e. The number of benzene rings is 2. The fraction of sp³-hybridized carbons (Fsp3) is 0.211. The third kappa shape index (κ3) is 3.38. The Morgan fingerprint density at radius 3 is 2.44 bits per heavy atom. The molecule has 2 aromatic rings. The Kier molecular flexibility index (Phi) is 4.79. The molecular weight excluding hydrogens is 318 g/mol. The first kappa shape index (κ1) is 16.7. The third-order valence-corrected chi connectivity index (χ3v) is 4.21. The van der Waals surface area contributed by atoms with Gasteiger partial charge in [-0.1, -0.05) is 30.3 Å². The van der Waals surface area contributed by atoms with Gasteiger partial charge in [0.15, 0.2) is 0 Å². The summed E-state index contributed by atoms with van der Waals surface area (Å²) in [7, 11) is 1.54. The summed E-state index contributed by atoms with van der Waals surface area (Å²) in [5.41, 5.74) is 1.51. The van der Waals surface area contributed by atoms with Gasteiger partial charge in [0, 0.05) is 19.2 Å². The van der Waals surface area contributed by atoms with Gasteiger partial charge >= 0.3 is 0 Å². The molecule has 6 nitrogen and oxygen atoms in total. The number of amides is 3. The van der Waals surface area contributed by atoms with Crippen LogP contribution in [0.4, 0.5) is 11.4 Å². The van der Waals surface area contributed by atoms with Gasteiger partial charge in [0.05, 0.1) is 11.3 Å². The van der Waals surface area contributed by atoms with Crippen molar-refractivity contribution in [2.24, 2.45) is 0 Å². The smallest absolute Gasteiger partial charge is 0.253 e. The second-order valence-electron chi connectivity index (χ2n) is 5.77. The summed E-state index contributed by atoms with van der Waals surface area (Å²) >= 11 is 0. The van der Waals surface area contributed by atoms with Crippen LogP contribution in [-0.4, -0.2) is 30.8 Å². The van der Waals surface area contributed by atoms with Crippen LogP contribution in [-0.2, 0) is 9.59 Å². The van der Waals surface area contributed by atoms with Crippen molar-refractivity contribution in [1.82, 2.24) is 5.32 Å². The van der Waals surface area contributed by atoms with Gasteiger partial charge in [-0.3, -0.25) is 19.3 Å². The highest BCUT2D eigenvalue weighted by Crippen LogP contribution is 2.27. The molecule has 2 aromatic carbocycles. The standard InChI is InChI=1S/C19H19N3O3/c1-20-18(24)14-9-5-6-10-15(14)21-19(25)16-11-12-17(23)22(16)13-7-3-2-4-8-13/h2-10,16H,11-12H2,1H3,(H,20,24)(H,21,25). The topological polar surface area (TPSA) is 78.5 Å². The zero-order valence-corrected chi connectivity index (χ0v) is 13.9. The molecule has 0 radical (unpaired) electrons. The number of carbonyl (C=O) groups excluding carboxylic acids is 3. The first-order valence-electron chi connectivity index (χ1n) is 8.11. The van der Waals surface area contributed by atoms with Crippen molar-refractivity contribution in [3.8, 4) is 0 Å². The van der Waals surface area contributed by atoms with Crippen molar-refractivity contribution in [2.45, 2.75) is 18.9 Å². The number of hydrogen-bond acceptors (Lipinski definition) is 3. The molecule has 1 saturated heterocycles. The van der Waals surface area contributed by atoms with Crippen molar-refractivity contribution in [3.05, 3.63) is 60.2 Å². The van der Waals surface area contributed by atoms with Gasteiger partial charge in [-0.25, -0.2) is 0 Å². The Morgan fingerprint density at radius 1 is 1.04 bits per heavy atom. The predicted molar refractivity (Wildman–Crippen MR) is 95.4 cm³/mol. The number of rotatable bonds is 4. The first-order valence-corrected chi connectivity index (χ1v) is 8.11. The highest BCUT2D eigenvalue weighted by atomic mass is 16.2. The zero-order chi connectivity index (χ0) is 17.8. The average Bonchev–Trinajstić information content (AvgIpc) is 3.04. The molecule has 25 heavy (non-hydrogen) atoms. The highest BCUT2D eigenvalue weighted by molar-refractivity contribution is 6.10. The molecule has 0 saturated carbocycles. The van der Waals surface area contributed by atoms with Crippen LogP contribution in [0.25, 0.3) is 0 Å². The third-order valence-electron chi connectivity index (χ3n) is 4.21. The van der Waals surface area contributed by atoms with Crippen LogP contribution in [0, 0.1) is 0 Å². The minimum atomic E-state index is -0.590. The van der Waals surface area contributed by atoms with Crippen LogP contribution >= 0.6 is 0 Å². The summed E-state index contributed by atoms with van der Waals surface area (Å²) in [5.74, 6) is -0.657. The molecular formula is C19H19N3O3. The van der Waals surface area contributed by atoms with Gasteiger partial charge in [0.25, 0.3) is 5.91 Å². The molecule has 0 bridgehead atoms. The number of para-hydroxylation sites is 2. The molecule has 1 aliphatic heterocycles. The number of nitrogens with zero attached hydrogens (tertiary/aromatic N) is 1. The first-order chi connectivity index (χ1) is 12.1. The quantitative estimate of drug-likeness (QED) is 0.897. The molecule has 1 heterocycles. The number of carbonyl (C=O) groups is 3. The van der Waals surface area contributed by atoms with Gasteiger partial charge in [-0.05, 0) is 30.7 Å². The zero-order valence-electron chi connectivity index (χ0n) is 13.9. The van der Waals surface area contributed by atoms with E-state index in [1.165, 1.54) is 11.9 Å². The monoisotopic (exact) mass is 337 g/mol. The van der Waals surface area contributed by atoms with Crippen LogP contribution < -0.4 is 15.5 Å². The average molecular weight is 337 g/mol. The largest absolute Gasteiger partial charge is 0.355 e. The minimum Gasteiger partial charge on any atom is -0.355 e. The van der Waals surface area contributed by atoms with Crippen LogP contribution in [0.2, 0.25) is 0 Å². The van der Waals surface area contributed by atoms with Crippen molar-refractivity contribution in [3.63, 3.8) is 0 Å². The van der Waals surface area contributed by atoms with E-state index in [0.717, 1.165) is 0 Å². The molecule has 1 atom stereocenters. The molecule has 128 valence electrons. The second-order valence-corrected chi connectivity index (χ2v) is 5.77. The van der Waals surface area contributed by atoms with E-state index in [9.17, 15) is 14.4 Å². The molecule has 0 spiro atoms. The molecule has 0 aliphatic carbocycles. The number of nitrogens with one attached hydrogen (secondary N) is 2. The summed E-state index contributed by atoms with van der Waals surface area (Å²) in [6.07, 6.45) is 0.770. The SMILES string of the molecule is CNC(=O)c1ccccc1NC(=O)C1CCC(=O)N1c1ccccc1. The van der Waals surface area contributed by atoms with Gasteiger partial charge < -0.3 is 10.6 Å². The molecule has 2 N–H and O–H groups in total. The van der Waals surface area contributed by atoms with Gasteiger partial charge in [0.1, 0.15) is 6.04 Å². The molecule has 1 fully saturated rings. The summed E-state index contributed by atoms with van der Waals surface area (Å²) in [4.78, 5) is 38.5. The lowest BCUT2D eigenvalue weighted by Crippen LogP contribution is -2.42. The van der Waals surface area contributed by atoms with E-state index in [4.69, 9.17) is 0 Å². The Hall–Kier alpha value is -3.15. The Bertz CT molecular complexity index is 805. The van der Waals surface area contributed by atoms with Crippen LogP contribution in [0.1, 0.15) is 23.2 Å². The number of hydrogen-bond donors (Lipinski definition) is 2. The molecule has 1 unspecified atom stereocenters. The fourth-order valence-corrected chi connectivity index (χ4v) is 2.99. The van der Waals surface area contributed by atoms with E-state index in [0.29, 0.717) is 29.8 Å². The highest BCUT2D eigenvalue weighted by Gasteiger charge is 2.37. The number of anilines is 2. The molecule has 3 rings (SSSR count). The molecule has 0 aromatic heterocycles. The van der Waals surface area contributed by atoms with Gasteiger partial charge in [-0.2, -0.15) is 0 Å². The van der Waals surface area contributed by atoms with Crippen molar-refractivity contribution in [2.75, 3.05) is 17.3 Å². The van der Waals surface area contributed by atoms with E-state index in [1.807, 2.05) is 30.3 Å². The van der Waals surface area contributed by atoms with E-state index >= 15 is 0 Å². The lowest BCUT2D eigenvalue weighted by atomic mass is 10.1. The van der Waals surface area contributed by atoms with Crippen molar-refractivity contribution in [1.29, 1.82) is 0 Å². The van der Waals surface area contributed by atoms with Crippen LogP contribution in [0.5, 0.6) is 0 Å². The maximum absolute atomic E-state index is 12.8. The van der Waals surface area contributed by atoms with Gasteiger partial charge in [-0.15, -0.1) is 0 Å². The Balaban J connectivity index is 1.84. The van der Waals surface area contributed by atoms with E-state index in [2.05, 4.69) is 10.6 Å². The molecule has 1 aliphatic rings. The second kappa shape index (κ2) is 7.17. The fourth-order valence-electron chi connectivity index (χ4n) is 2.99.